The lowest BCUT2D eigenvalue weighted by molar-refractivity contribution is -0.669. The van der Waals surface area contributed by atoms with E-state index in [2.05, 4.69) is 9.88 Å². The summed E-state index contributed by atoms with van der Waals surface area (Å²) in [4.78, 5) is 24.4. The third kappa shape index (κ3) is 6.30. The van der Waals surface area contributed by atoms with Gasteiger partial charge in [-0.25, -0.2) is 18.7 Å². The Kier molecular flexibility index (Phi) is 8.21. The van der Waals surface area contributed by atoms with Crippen LogP contribution in [0.15, 0.2) is 54.6 Å². The Bertz CT molecular complexity index is 1040. The quantitative estimate of drug-likeness (QED) is 0.396. The van der Waals surface area contributed by atoms with E-state index in [1.807, 2.05) is 79.9 Å². The first-order valence-electron chi connectivity index (χ1n) is 9.86. The largest absolute Gasteiger partial charge is 1.00 e. The molecule has 0 aliphatic rings. The Morgan fingerprint density at radius 1 is 1.03 bits per heavy atom. The van der Waals surface area contributed by atoms with Crippen LogP contribution in [-0.4, -0.2) is 29.3 Å². The number of imidazole rings is 1. The van der Waals surface area contributed by atoms with Gasteiger partial charge in [-0.3, -0.25) is 0 Å². The molecule has 0 fully saturated rings. The van der Waals surface area contributed by atoms with Crippen molar-refractivity contribution in [3.63, 3.8) is 0 Å². The first-order chi connectivity index (χ1) is 14.3. The number of alkyl carbamates (subject to hydrolysis) is 1. The molecule has 166 valence electrons. The van der Waals surface area contributed by atoms with Crippen molar-refractivity contribution >= 4 is 23.1 Å². The second-order valence-corrected chi connectivity index (χ2v) is 7.99. The summed E-state index contributed by atoms with van der Waals surface area (Å²) in [6.07, 6.45) is -0.511. The fourth-order valence-corrected chi connectivity index (χ4v) is 3.31. The monoisotopic (exact) mass is 489 g/mol. The van der Waals surface area contributed by atoms with E-state index in [0.29, 0.717) is 6.54 Å². The van der Waals surface area contributed by atoms with Gasteiger partial charge >= 0.3 is 12.1 Å². The van der Waals surface area contributed by atoms with Gasteiger partial charge in [0.2, 0.25) is 0 Å². The lowest BCUT2D eigenvalue weighted by Gasteiger charge is -2.19. The molecule has 1 amide bonds. The summed E-state index contributed by atoms with van der Waals surface area (Å²) < 4.78 is 14.2. The molecule has 0 saturated heterocycles. The minimum Gasteiger partial charge on any atom is -1.00 e. The number of benzene rings is 2. The molecule has 0 unspecified atom stereocenters. The van der Waals surface area contributed by atoms with Crippen molar-refractivity contribution in [2.24, 2.45) is 0 Å². The number of carbonyl (C=O) groups is 2. The third-order valence-corrected chi connectivity index (χ3v) is 4.57. The van der Waals surface area contributed by atoms with Crippen LogP contribution >= 0.6 is 0 Å². The van der Waals surface area contributed by atoms with Gasteiger partial charge in [0, 0.05) is 0 Å². The standard InChI is InChI=1S/C23H27N3O4.BrH/c1-23(2,3)30-22(28)24-14-20-25(15-17-10-6-5-7-11-17)18-12-8-9-13-19(18)26(20)16-21(27)29-4;/h5-13H,14-16H2,1-4H3;1H. The molecule has 3 aromatic rings. The van der Waals surface area contributed by atoms with Crippen LogP contribution in [0.4, 0.5) is 4.79 Å². The van der Waals surface area contributed by atoms with Crippen LogP contribution in [0.2, 0.25) is 0 Å². The highest BCUT2D eigenvalue weighted by Crippen LogP contribution is 2.17. The Morgan fingerprint density at radius 2 is 1.68 bits per heavy atom. The first-order valence-corrected chi connectivity index (χ1v) is 9.86. The van der Waals surface area contributed by atoms with Gasteiger partial charge in [0.15, 0.2) is 17.6 Å². The fraction of sp³-hybridized carbons (Fsp3) is 0.348. The van der Waals surface area contributed by atoms with E-state index in [9.17, 15) is 9.59 Å². The maximum atomic E-state index is 12.3. The van der Waals surface area contributed by atoms with Gasteiger partial charge < -0.3 is 31.8 Å². The predicted molar refractivity (Wildman–Crippen MR) is 113 cm³/mol. The Balaban J connectivity index is 0.00000341. The molecular formula is C23H28BrN3O4. The minimum atomic E-state index is -0.594. The zero-order valence-corrected chi connectivity index (χ0v) is 19.8. The summed E-state index contributed by atoms with van der Waals surface area (Å²) in [5.41, 5.74) is 2.37. The van der Waals surface area contributed by atoms with E-state index in [1.165, 1.54) is 7.11 Å². The average molecular weight is 490 g/mol. The lowest BCUT2D eigenvalue weighted by atomic mass is 10.2. The van der Waals surface area contributed by atoms with Crippen molar-refractivity contribution in [3.05, 3.63) is 66.0 Å². The van der Waals surface area contributed by atoms with E-state index >= 15 is 0 Å². The smallest absolute Gasteiger partial charge is 0.408 e. The number of nitrogens with one attached hydrogen (secondary N) is 1. The molecule has 0 spiro atoms. The summed E-state index contributed by atoms with van der Waals surface area (Å²) in [5.74, 6) is 0.414. The zero-order chi connectivity index (χ0) is 21.7. The number of carbonyl (C=O) groups excluding carboxylic acids is 2. The van der Waals surface area contributed by atoms with Gasteiger partial charge in [-0.05, 0) is 38.5 Å². The molecule has 0 atom stereocenters. The van der Waals surface area contributed by atoms with Gasteiger partial charge in [-0.2, -0.15) is 0 Å². The number of nitrogens with zero attached hydrogens (tertiary/aromatic N) is 2. The zero-order valence-electron chi connectivity index (χ0n) is 18.2. The molecule has 0 radical (unpaired) electrons. The lowest BCUT2D eigenvalue weighted by Crippen LogP contribution is -3.00. The number of aromatic nitrogens is 2. The second-order valence-electron chi connectivity index (χ2n) is 7.99. The number of fused-ring (bicyclic) bond motifs is 1. The predicted octanol–water partition coefficient (Wildman–Crippen LogP) is 0.179. The van der Waals surface area contributed by atoms with Crippen molar-refractivity contribution in [1.29, 1.82) is 0 Å². The van der Waals surface area contributed by atoms with E-state index in [-0.39, 0.29) is 36.0 Å². The number of hydrogen-bond donors (Lipinski definition) is 1. The molecule has 0 bridgehead atoms. The van der Waals surface area contributed by atoms with Crippen molar-refractivity contribution in [1.82, 2.24) is 9.88 Å². The van der Waals surface area contributed by atoms with Crippen molar-refractivity contribution < 1.29 is 40.6 Å². The van der Waals surface area contributed by atoms with Gasteiger partial charge in [-0.15, -0.1) is 0 Å². The molecule has 1 aromatic heterocycles. The second kappa shape index (κ2) is 10.4. The highest BCUT2D eigenvalue weighted by atomic mass is 79.9. The first kappa shape index (κ1) is 24.4. The molecule has 0 aliphatic heterocycles. The topological polar surface area (TPSA) is 73.4 Å². The molecule has 0 saturated carbocycles. The number of methoxy groups -OCH3 is 1. The van der Waals surface area contributed by atoms with Crippen LogP contribution < -0.4 is 26.9 Å². The SMILES string of the molecule is COC(=O)C[n+]1c(CNC(=O)OC(C)(C)C)n(Cc2ccccc2)c2ccccc21.[Br-]. The summed E-state index contributed by atoms with van der Waals surface area (Å²) in [5, 5.41) is 2.82. The average Bonchev–Trinajstić information content (AvgIpc) is 2.98. The maximum absolute atomic E-state index is 12.3. The Labute approximate surface area is 192 Å². The van der Waals surface area contributed by atoms with Crippen molar-refractivity contribution in [3.8, 4) is 0 Å². The van der Waals surface area contributed by atoms with Crippen molar-refractivity contribution in [2.75, 3.05) is 7.11 Å². The van der Waals surface area contributed by atoms with Crippen molar-refractivity contribution in [2.45, 2.75) is 46.0 Å². The number of para-hydroxylation sites is 2. The number of esters is 1. The maximum Gasteiger partial charge on any atom is 0.408 e. The molecule has 0 aliphatic carbocycles. The molecule has 3 rings (SSSR count). The fourth-order valence-electron chi connectivity index (χ4n) is 3.31. The molecule has 2 aromatic carbocycles. The normalized spacial score (nSPS) is 11.0. The molecule has 31 heavy (non-hydrogen) atoms. The van der Waals surface area contributed by atoms with Gasteiger partial charge in [0.25, 0.3) is 5.82 Å². The van der Waals surface area contributed by atoms with E-state index in [0.717, 1.165) is 22.4 Å². The highest BCUT2D eigenvalue weighted by Gasteiger charge is 2.28. The van der Waals surface area contributed by atoms with Crippen LogP contribution in [0, 0.1) is 0 Å². The minimum absolute atomic E-state index is 0. The number of amides is 1. The third-order valence-electron chi connectivity index (χ3n) is 4.57. The van der Waals surface area contributed by atoms with E-state index in [4.69, 9.17) is 9.47 Å². The molecule has 8 heteroatoms. The molecular weight excluding hydrogens is 462 g/mol. The molecule has 1 heterocycles. The Morgan fingerprint density at radius 3 is 2.32 bits per heavy atom. The highest BCUT2D eigenvalue weighted by molar-refractivity contribution is 5.74. The number of hydrogen-bond acceptors (Lipinski definition) is 4. The number of rotatable bonds is 6. The van der Waals surface area contributed by atoms with Crippen LogP contribution in [-0.2, 0) is 33.9 Å². The molecule has 1 N–H and O–H groups in total. The number of ether oxygens (including phenoxy) is 2. The van der Waals surface area contributed by atoms with Crippen LogP contribution in [0.1, 0.15) is 32.2 Å². The Hall–Kier alpha value is -2.87. The number of halogens is 1. The van der Waals surface area contributed by atoms with Gasteiger partial charge in [-0.1, -0.05) is 42.5 Å². The van der Waals surface area contributed by atoms with E-state index in [1.54, 1.807) is 0 Å². The molecule has 7 nitrogen and oxygen atoms in total. The summed E-state index contributed by atoms with van der Waals surface area (Å²) in [6, 6.07) is 17.9. The van der Waals surface area contributed by atoms with Crippen LogP contribution in [0.3, 0.4) is 0 Å². The van der Waals surface area contributed by atoms with Crippen LogP contribution in [0.25, 0.3) is 11.0 Å². The summed E-state index contributed by atoms with van der Waals surface area (Å²) >= 11 is 0. The van der Waals surface area contributed by atoms with Gasteiger partial charge in [0.1, 0.15) is 18.7 Å². The van der Waals surface area contributed by atoms with E-state index < -0.39 is 11.7 Å². The summed E-state index contributed by atoms with van der Waals surface area (Å²) in [7, 11) is 1.37. The van der Waals surface area contributed by atoms with Gasteiger partial charge in [0.05, 0.1) is 7.11 Å². The van der Waals surface area contributed by atoms with Crippen LogP contribution in [0.5, 0.6) is 0 Å². The summed E-state index contributed by atoms with van der Waals surface area (Å²) in [6.45, 7) is 6.29.